The molecule has 9 nitrogen and oxygen atoms in total. The summed E-state index contributed by atoms with van der Waals surface area (Å²) in [5.41, 5.74) is -0.362. The van der Waals surface area contributed by atoms with Gasteiger partial charge in [-0.1, -0.05) is 31.4 Å². The first kappa shape index (κ1) is 22.6. The van der Waals surface area contributed by atoms with Crippen LogP contribution in [0.25, 0.3) is 0 Å². The highest BCUT2D eigenvalue weighted by molar-refractivity contribution is 5.73. The van der Waals surface area contributed by atoms with Gasteiger partial charge in [-0.05, 0) is 30.5 Å². The van der Waals surface area contributed by atoms with E-state index < -0.39 is 48.2 Å². The molecule has 0 aromatic heterocycles. The standard InChI is InChI=1S/C21H28O9/c1-28-13-7-5-12(6-8-13)14(11-22)21(9-3-2-4-10-21)30-20-17(25)15(23)16(24)18(29-20)19(26)27/h5-8,11,14-18,20,23-25H,2-4,9-10H2,1H3,(H,26,27). The fraction of sp³-hybridized carbons (Fsp3) is 0.619. The van der Waals surface area contributed by atoms with Gasteiger partial charge in [-0.2, -0.15) is 0 Å². The van der Waals surface area contributed by atoms with Crippen LogP contribution in [-0.2, 0) is 19.1 Å². The molecule has 166 valence electrons. The number of aliphatic hydroxyl groups excluding tert-OH is 3. The SMILES string of the molecule is COc1ccc(C(C=O)C2(OC3OC(C(=O)O)C(O)C(O)C3O)CCCCC2)cc1. The Morgan fingerprint density at radius 1 is 1.10 bits per heavy atom. The number of benzene rings is 1. The van der Waals surface area contributed by atoms with Crippen molar-refractivity contribution in [3.8, 4) is 5.75 Å². The van der Waals surface area contributed by atoms with Gasteiger partial charge in [-0.3, -0.25) is 0 Å². The number of hydrogen-bond acceptors (Lipinski definition) is 8. The number of hydrogen-bond donors (Lipinski definition) is 4. The summed E-state index contributed by atoms with van der Waals surface area (Å²) in [6, 6.07) is 6.98. The minimum atomic E-state index is -1.80. The van der Waals surface area contributed by atoms with Crippen molar-refractivity contribution in [2.24, 2.45) is 0 Å². The first-order valence-corrected chi connectivity index (χ1v) is 10.0. The van der Waals surface area contributed by atoms with Gasteiger partial charge in [0, 0.05) is 0 Å². The predicted molar refractivity (Wildman–Crippen MR) is 103 cm³/mol. The molecule has 2 fully saturated rings. The van der Waals surface area contributed by atoms with Crippen molar-refractivity contribution in [3.05, 3.63) is 29.8 Å². The molecule has 0 radical (unpaired) electrons. The zero-order valence-corrected chi connectivity index (χ0v) is 16.7. The number of ether oxygens (including phenoxy) is 3. The Kier molecular flexibility index (Phi) is 7.10. The molecule has 1 saturated carbocycles. The maximum Gasteiger partial charge on any atom is 0.335 e. The van der Waals surface area contributed by atoms with Gasteiger partial charge in [0.1, 0.15) is 30.3 Å². The van der Waals surface area contributed by atoms with Crippen molar-refractivity contribution >= 4 is 12.3 Å². The lowest BCUT2D eigenvalue weighted by atomic mass is 9.73. The van der Waals surface area contributed by atoms with Crippen molar-refractivity contribution in [2.45, 2.75) is 74.3 Å². The summed E-state index contributed by atoms with van der Waals surface area (Å²) in [5.74, 6) is -1.55. The van der Waals surface area contributed by atoms with E-state index in [1.165, 1.54) is 0 Å². The lowest BCUT2D eigenvalue weighted by Gasteiger charge is -2.47. The third-order valence-corrected chi connectivity index (χ3v) is 6.04. The van der Waals surface area contributed by atoms with E-state index in [4.69, 9.17) is 14.2 Å². The molecule has 0 bridgehead atoms. The Bertz CT molecular complexity index is 728. The molecule has 1 heterocycles. The molecule has 6 atom stereocenters. The maximum absolute atomic E-state index is 12.2. The molecule has 9 heteroatoms. The number of aldehydes is 1. The Morgan fingerprint density at radius 3 is 2.27 bits per heavy atom. The maximum atomic E-state index is 12.2. The average molecular weight is 424 g/mol. The van der Waals surface area contributed by atoms with E-state index in [9.17, 15) is 30.0 Å². The molecule has 3 rings (SSSR count). The molecule has 1 aliphatic carbocycles. The Labute approximate surface area is 174 Å². The summed E-state index contributed by atoms with van der Waals surface area (Å²) in [7, 11) is 1.54. The lowest BCUT2D eigenvalue weighted by Crippen LogP contribution is -2.62. The highest BCUT2D eigenvalue weighted by Crippen LogP contribution is 2.44. The summed E-state index contributed by atoms with van der Waals surface area (Å²) in [6.07, 6.45) is -4.24. The van der Waals surface area contributed by atoms with Crippen LogP contribution in [0.4, 0.5) is 0 Å². The Balaban J connectivity index is 1.92. The number of carbonyl (C=O) groups is 2. The monoisotopic (exact) mass is 424 g/mol. The smallest absolute Gasteiger partial charge is 0.335 e. The van der Waals surface area contributed by atoms with E-state index in [1.807, 2.05) is 0 Å². The summed E-state index contributed by atoms with van der Waals surface area (Å²) in [5, 5.41) is 39.7. The third kappa shape index (κ3) is 4.35. The van der Waals surface area contributed by atoms with E-state index in [-0.39, 0.29) is 0 Å². The minimum absolute atomic E-state index is 0.491. The van der Waals surface area contributed by atoms with Gasteiger partial charge < -0.3 is 39.4 Å². The quantitative estimate of drug-likeness (QED) is 0.462. The van der Waals surface area contributed by atoms with E-state index in [2.05, 4.69) is 0 Å². The van der Waals surface area contributed by atoms with Gasteiger partial charge in [0.2, 0.25) is 0 Å². The van der Waals surface area contributed by atoms with Crippen LogP contribution >= 0.6 is 0 Å². The molecular formula is C21H28O9. The van der Waals surface area contributed by atoms with E-state index in [0.29, 0.717) is 24.2 Å². The first-order chi connectivity index (χ1) is 14.3. The molecule has 1 saturated heterocycles. The van der Waals surface area contributed by atoms with Crippen LogP contribution in [0.3, 0.4) is 0 Å². The fourth-order valence-corrected chi connectivity index (χ4v) is 4.35. The molecule has 0 spiro atoms. The van der Waals surface area contributed by atoms with Crippen LogP contribution in [0.15, 0.2) is 24.3 Å². The first-order valence-electron chi connectivity index (χ1n) is 10.0. The second kappa shape index (κ2) is 9.40. The number of methoxy groups -OCH3 is 1. The number of aliphatic hydroxyl groups is 3. The van der Waals surface area contributed by atoms with E-state index in [1.54, 1.807) is 31.4 Å². The lowest BCUT2D eigenvalue weighted by molar-refractivity contribution is -0.325. The zero-order valence-electron chi connectivity index (χ0n) is 16.7. The number of aliphatic carboxylic acids is 1. The highest BCUT2D eigenvalue weighted by atomic mass is 16.7. The molecule has 1 aromatic carbocycles. The van der Waals surface area contributed by atoms with Crippen LogP contribution in [0.5, 0.6) is 5.75 Å². The molecule has 1 aliphatic heterocycles. The minimum Gasteiger partial charge on any atom is -0.497 e. The van der Waals surface area contributed by atoms with Crippen LogP contribution in [-0.4, -0.2) is 76.1 Å². The summed E-state index contributed by atoms with van der Waals surface area (Å²) >= 11 is 0. The van der Waals surface area contributed by atoms with Crippen molar-refractivity contribution in [1.29, 1.82) is 0 Å². The second-order valence-electron chi connectivity index (χ2n) is 7.87. The summed E-state index contributed by atoms with van der Waals surface area (Å²) < 4.78 is 16.6. The van der Waals surface area contributed by atoms with Gasteiger partial charge in [0.15, 0.2) is 12.4 Å². The molecule has 4 N–H and O–H groups in total. The third-order valence-electron chi connectivity index (χ3n) is 6.04. The molecule has 2 aliphatic rings. The molecule has 30 heavy (non-hydrogen) atoms. The molecule has 6 unspecified atom stereocenters. The van der Waals surface area contributed by atoms with Gasteiger partial charge >= 0.3 is 5.97 Å². The number of carboxylic acid groups (broad SMARTS) is 1. The average Bonchev–Trinajstić information content (AvgIpc) is 2.75. The molecular weight excluding hydrogens is 396 g/mol. The van der Waals surface area contributed by atoms with E-state index >= 15 is 0 Å². The second-order valence-corrected chi connectivity index (χ2v) is 7.87. The van der Waals surface area contributed by atoms with Crippen molar-refractivity contribution in [3.63, 3.8) is 0 Å². The molecule has 1 aromatic rings. The van der Waals surface area contributed by atoms with E-state index in [0.717, 1.165) is 25.5 Å². The molecule has 0 amide bonds. The van der Waals surface area contributed by atoms with Crippen LogP contribution in [0, 0.1) is 0 Å². The normalized spacial score (nSPS) is 32.2. The number of carboxylic acids is 1. The topological polar surface area (TPSA) is 143 Å². The Morgan fingerprint density at radius 2 is 1.73 bits per heavy atom. The van der Waals surface area contributed by atoms with Gasteiger partial charge in [0.25, 0.3) is 0 Å². The Hall–Kier alpha value is -2.04. The zero-order chi connectivity index (χ0) is 21.9. The van der Waals surface area contributed by atoms with Gasteiger partial charge in [0.05, 0.1) is 18.6 Å². The van der Waals surface area contributed by atoms with Crippen molar-refractivity contribution in [1.82, 2.24) is 0 Å². The number of rotatable bonds is 7. The van der Waals surface area contributed by atoms with Crippen molar-refractivity contribution in [2.75, 3.05) is 7.11 Å². The number of carbonyl (C=O) groups excluding carboxylic acids is 1. The van der Waals surface area contributed by atoms with Gasteiger partial charge in [-0.25, -0.2) is 4.79 Å². The highest BCUT2D eigenvalue weighted by Gasteiger charge is 2.52. The predicted octanol–water partition coefficient (Wildman–Crippen LogP) is 0.589. The van der Waals surface area contributed by atoms with Crippen LogP contribution < -0.4 is 4.74 Å². The van der Waals surface area contributed by atoms with Crippen LogP contribution in [0.2, 0.25) is 0 Å². The largest absolute Gasteiger partial charge is 0.497 e. The summed E-state index contributed by atoms with van der Waals surface area (Å²) in [4.78, 5) is 23.6. The fourth-order valence-electron chi connectivity index (χ4n) is 4.35. The van der Waals surface area contributed by atoms with Crippen LogP contribution in [0.1, 0.15) is 43.6 Å². The van der Waals surface area contributed by atoms with Crippen molar-refractivity contribution < 1.29 is 44.2 Å². The van der Waals surface area contributed by atoms with Gasteiger partial charge in [-0.15, -0.1) is 0 Å². The summed E-state index contributed by atoms with van der Waals surface area (Å²) in [6.45, 7) is 0.